The van der Waals surface area contributed by atoms with Gasteiger partial charge < -0.3 is 10.5 Å². The Labute approximate surface area is 183 Å². The zero-order valence-corrected chi connectivity index (χ0v) is 18.3. The Morgan fingerprint density at radius 3 is 2.55 bits per heavy atom. The van der Waals surface area contributed by atoms with Crippen LogP contribution >= 0.6 is 0 Å². The highest BCUT2D eigenvalue weighted by molar-refractivity contribution is 7.86. The summed E-state index contributed by atoms with van der Waals surface area (Å²) in [6, 6.07) is 13.9. The van der Waals surface area contributed by atoms with Gasteiger partial charge in [0.05, 0.1) is 11.3 Å². The van der Waals surface area contributed by atoms with Gasteiger partial charge in [-0.2, -0.15) is 0 Å². The lowest BCUT2D eigenvalue weighted by atomic mass is 9.95. The summed E-state index contributed by atoms with van der Waals surface area (Å²) in [4.78, 5) is 17.2. The van der Waals surface area contributed by atoms with Crippen molar-refractivity contribution in [3.8, 4) is 11.1 Å². The van der Waals surface area contributed by atoms with E-state index in [1.807, 2.05) is 38.1 Å². The highest BCUT2D eigenvalue weighted by Gasteiger charge is 2.21. The number of hydrogen-bond donors (Lipinski definition) is 2. The predicted octanol–water partition coefficient (Wildman–Crippen LogP) is 5.16. The van der Waals surface area contributed by atoms with Crippen molar-refractivity contribution in [3.63, 3.8) is 0 Å². The number of halogens is 1. The Morgan fingerprint density at radius 2 is 1.87 bits per heavy atom. The number of ketones is 1. The maximum atomic E-state index is 15.0. The quantitative estimate of drug-likeness (QED) is 0.377. The van der Waals surface area contributed by atoms with E-state index >= 15 is 0 Å². The van der Waals surface area contributed by atoms with Crippen molar-refractivity contribution in [1.82, 2.24) is 4.98 Å². The van der Waals surface area contributed by atoms with Gasteiger partial charge in [0.1, 0.15) is 16.8 Å². The van der Waals surface area contributed by atoms with Crippen LogP contribution < -0.4 is 10.5 Å². The number of hydrogen-bond acceptors (Lipinski definition) is 4. The van der Waals surface area contributed by atoms with E-state index in [1.54, 1.807) is 12.3 Å². The largest absolute Gasteiger partial charge is 0.383 e. The molecule has 0 saturated heterocycles. The topological polar surface area (TPSA) is 85.1 Å². The molecule has 5 nitrogen and oxygen atoms in total. The molecule has 0 aliphatic rings. The molecule has 0 spiro atoms. The van der Waals surface area contributed by atoms with Crippen molar-refractivity contribution in [2.75, 3.05) is 16.2 Å². The fraction of sp³-hybridized carbons (Fsp3) is 0.167. The number of nitrogens with one attached hydrogen (secondary N) is 1. The molecule has 3 N–H and O–H groups in total. The molecule has 0 fully saturated rings. The van der Waals surface area contributed by atoms with Gasteiger partial charge in [0.25, 0.3) is 0 Å². The minimum atomic E-state index is -1.43. The lowest BCUT2D eigenvalue weighted by molar-refractivity contribution is 0.105. The molecule has 0 bridgehead atoms. The molecule has 0 radical (unpaired) electrons. The van der Waals surface area contributed by atoms with Crippen molar-refractivity contribution in [1.29, 1.82) is 0 Å². The summed E-state index contributed by atoms with van der Waals surface area (Å²) in [5.41, 5.74) is 9.01. The number of nitrogen functional groups attached to an aromatic ring is 1. The number of nitrogens with two attached hydrogens (primary N) is 1. The third-order valence-corrected chi connectivity index (χ3v) is 5.99. The molecule has 1 unspecified atom stereocenters. The molecular formula is C24H24FN3O2S. The summed E-state index contributed by atoms with van der Waals surface area (Å²) < 4.78 is 29.5. The smallest absolute Gasteiger partial charge is 0.196 e. The van der Waals surface area contributed by atoms with E-state index in [2.05, 4.69) is 16.3 Å². The van der Waals surface area contributed by atoms with Crippen LogP contribution in [-0.4, -0.2) is 20.7 Å². The zero-order valence-electron chi connectivity index (χ0n) is 17.4. The average Bonchev–Trinajstić information content (AvgIpc) is 2.75. The van der Waals surface area contributed by atoms with Gasteiger partial charge in [-0.15, -0.1) is 0 Å². The van der Waals surface area contributed by atoms with Crippen LogP contribution in [0.25, 0.3) is 16.7 Å². The number of nitrogens with zero attached hydrogens (tertiary/aromatic N) is 1. The third kappa shape index (κ3) is 5.06. The van der Waals surface area contributed by atoms with Crippen LogP contribution in [0.2, 0.25) is 0 Å². The molecular weight excluding hydrogens is 413 g/mol. The monoisotopic (exact) mass is 437 g/mol. The lowest BCUT2D eigenvalue weighted by Gasteiger charge is -2.13. The maximum absolute atomic E-state index is 15.0. The highest BCUT2D eigenvalue weighted by atomic mass is 32.2. The third-order valence-electron chi connectivity index (χ3n) is 4.76. The van der Waals surface area contributed by atoms with Crippen LogP contribution in [0.1, 0.15) is 34.8 Å². The summed E-state index contributed by atoms with van der Waals surface area (Å²) >= 11 is 0. The molecule has 2 aromatic carbocycles. The zero-order chi connectivity index (χ0) is 22.5. The number of rotatable bonds is 8. The van der Waals surface area contributed by atoms with Gasteiger partial charge in [-0.25, -0.2) is 13.6 Å². The summed E-state index contributed by atoms with van der Waals surface area (Å²) in [7, 11) is -1.43. The first-order chi connectivity index (χ1) is 14.8. The molecule has 0 saturated carbocycles. The fourth-order valence-corrected chi connectivity index (χ4v) is 3.93. The minimum Gasteiger partial charge on any atom is -0.383 e. The first kappa shape index (κ1) is 22.4. The molecule has 3 aromatic rings. The van der Waals surface area contributed by atoms with Crippen LogP contribution in [0.3, 0.4) is 0 Å². The van der Waals surface area contributed by atoms with Gasteiger partial charge in [-0.3, -0.25) is 4.79 Å². The number of carbonyl (C=O) groups excluding carboxylic acids is 1. The van der Waals surface area contributed by atoms with Crippen LogP contribution in [-0.2, 0) is 11.0 Å². The Morgan fingerprint density at radius 1 is 1.16 bits per heavy atom. The van der Waals surface area contributed by atoms with E-state index < -0.39 is 22.6 Å². The van der Waals surface area contributed by atoms with Crippen LogP contribution in [0, 0.1) is 12.7 Å². The molecule has 3 rings (SSSR count). The highest BCUT2D eigenvalue weighted by Crippen LogP contribution is 2.30. The number of allylic oxidation sites excluding steroid dienone is 1. The SMILES string of the molecule is C=C(C(=O)c1cccc(NS(=O)CCC)c1F)c1cc(-c2ccc(C)cc2)cnc1N. The van der Waals surface area contributed by atoms with Gasteiger partial charge in [-0.1, -0.05) is 49.4 Å². The van der Waals surface area contributed by atoms with E-state index in [9.17, 15) is 13.4 Å². The van der Waals surface area contributed by atoms with Crippen LogP contribution in [0.5, 0.6) is 0 Å². The summed E-state index contributed by atoms with van der Waals surface area (Å²) in [6.07, 6.45) is 2.30. The second-order valence-corrected chi connectivity index (χ2v) is 8.45. The van der Waals surface area contributed by atoms with Crippen molar-refractivity contribution in [2.45, 2.75) is 20.3 Å². The number of aryl methyl sites for hydroxylation is 1. The molecule has 7 heteroatoms. The summed E-state index contributed by atoms with van der Waals surface area (Å²) in [5, 5.41) is 0. The first-order valence-corrected chi connectivity index (χ1v) is 11.1. The van der Waals surface area contributed by atoms with Gasteiger partial charge in [0.15, 0.2) is 11.6 Å². The number of benzene rings is 2. The fourth-order valence-electron chi connectivity index (χ4n) is 3.05. The number of anilines is 2. The van der Waals surface area contributed by atoms with Gasteiger partial charge in [0, 0.05) is 28.6 Å². The number of aromatic nitrogens is 1. The van der Waals surface area contributed by atoms with E-state index in [0.29, 0.717) is 17.7 Å². The molecule has 0 aliphatic heterocycles. The molecule has 1 heterocycles. The van der Waals surface area contributed by atoms with Gasteiger partial charge >= 0.3 is 0 Å². The normalized spacial score (nSPS) is 11.7. The standard InChI is InChI=1S/C24H24FN3O2S/c1-4-12-31(30)28-21-7-5-6-19(22(21)25)23(29)16(3)20-13-18(14-27-24(20)26)17-10-8-15(2)9-11-17/h5-11,13-14,28H,3-4,12H2,1-2H3,(H2,26,27). The van der Waals surface area contributed by atoms with E-state index in [4.69, 9.17) is 5.73 Å². The molecule has 160 valence electrons. The van der Waals surface area contributed by atoms with Crippen molar-refractivity contribution >= 4 is 33.8 Å². The number of Topliss-reactive ketones (excluding diaryl/α,β-unsaturated/α-hetero) is 1. The number of pyridine rings is 1. The van der Waals surface area contributed by atoms with E-state index in [1.165, 1.54) is 18.2 Å². The van der Waals surface area contributed by atoms with Crippen molar-refractivity contribution < 1.29 is 13.4 Å². The van der Waals surface area contributed by atoms with Crippen LogP contribution in [0.15, 0.2) is 61.3 Å². The molecule has 0 amide bonds. The number of carbonyl (C=O) groups is 1. The van der Waals surface area contributed by atoms with Gasteiger partial charge in [0.2, 0.25) is 0 Å². The van der Waals surface area contributed by atoms with Gasteiger partial charge in [-0.05, 0) is 37.1 Å². The molecule has 1 aromatic heterocycles. The predicted molar refractivity (Wildman–Crippen MR) is 126 cm³/mol. The second-order valence-electron chi connectivity index (χ2n) is 7.15. The van der Waals surface area contributed by atoms with Crippen LogP contribution in [0.4, 0.5) is 15.9 Å². The summed E-state index contributed by atoms with van der Waals surface area (Å²) in [6.45, 7) is 7.73. The second kappa shape index (κ2) is 9.66. The first-order valence-electron chi connectivity index (χ1n) is 9.82. The Hall–Kier alpha value is -3.32. The van der Waals surface area contributed by atoms with Crippen molar-refractivity contribution in [3.05, 3.63) is 83.8 Å². The molecule has 0 aliphatic carbocycles. The average molecular weight is 438 g/mol. The van der Waals surface area contributed by atoms with Crippen molar-refractivity contribution in [2.24, 2.45) is 0 Å². The Kier molecular flexibility index (Phi) is 6.97. The Bertz CT molecular complexity index is 1160. The Balaban J connectivity index is 1.93. The van der Waals surface area contributed by atoms with E-state index in [-0.39, 0.29) is 22.6 Å². The summed E-state index contributed by atoms with van der Waals surface area (Å²) in [5.74, 6) is -0.887. The van der Waals surface area contributed by atoms with E-state index in [0.717, 1.165) is 16.7 Å². The minimum absolute atomic E-state index is 0.00457. The maximum Gasteiger partial charge on any atom is 0.196 e. The lowest BCUT2D eigenvalue weighted by Crippen LogP contribution is -2.12. The molecule has 31 heavy (non-hydrogen) atoms. The molecule has 1 atom stereocenters.